The number of hydrogen-bond donors (Lipinski definition) is 0. The Morgan fingerprint density at radius 1 is 0.488 bits per heavy atom. The van der Waals surface area contributed by atoms with E-state index in [4.69, 9.17) is 9.97 Å². The lowest BCUT2D eigenvalue weighted by Crippen LogP contribution is -1.92. The Kier molecular flexibility index (Phi) is 4.80. The van der Waals surface area contributed by atoms with E-state index in [0.29, 0.717) is 0 Å². The summed E-state index contributed by atoms with van der Waals surface area (Å²) in [6.45, 7) is 0. The van der Waals surface area contributed by atoms with E-state index in [2.05, 4.69) is 121 Å². The maximum absolute atomic E-state index is 5.15. The molecule has 0 N–H and O–H groups in total. The highest BCUT2D eigenvalue weighted by Gasteiger charge is 2.16. The Hall–Kier alpha value is -5.12. The number of thiophene rings is 1. The van der Waals surface area contributed by atoms with Crippen LogP contribution < -0.4 is 0 Å². The van der Waals surface area contributed by atoms with Gasteiger partial charge in [0.05, 0.1) is 16.7 Å². The van der Waals surface area contributed by atoms with Gasteiger partial charge < -0.3 is 0 Å². The third-order valence-corrected chi connectivity index (χ3v) is 9.50. The average Bonchev–Trinajstić information content (AvgIpc) is 3.43. The molecule has 0 aliphatic rings. The number of pyridine rings is 2. The van der Waals surface area contributed by atoms with Crippen LogP contribution in [0.4, 0.5) is 0 Å². The molecule has 0 atom stereocenters. The normalized spacial score (nSPS) is 11.9. The Bertz CT molecular complexity index is 2470. The molecule has 0 saturated carbocycles. The Balaban J connectivity index is 1.23. The van der Waals surface area contributed by atoms with Gasteiger partial charge in [-0.15, -0.1) is 11.3 Å². The monoisotopic (exact) mass is 538 g/mol. The first-order valence-corrected chi connectivity index (χ1v) is 14.6. The van der Waals surface area contributed by atoms with Gasteiger partial charge in [-0.05, 0) is 56.9 Å². The van der Waals surface area contributed by atoms with E-state index in [9.17, 15) is 0 Å². The Labute approximate surface area is 240 Å². The molecule has 0 unspecified atom stereocenters. The molecule has 0 amide bonds. The maximum Gasteiger partial charge on any atom is 0.0979 e. The van der Waals surface area contributed by atoms with Crippen LogP contribution in [0.2, 0.25) is 0 Å². The molecule has 3 aromatic heterocycles. The zero-order valence-corrected chi connectivity index (χ0v) is 22.8. The first-order chi connectivity index (χ1) is 20.3. The van der Waals surface area contributed by atoms with Gasteiger partial charge in [0.2, 0.25) is 0 Å². The average molecular weight is 539 g/mol. The zero-order valence-electron chi connectivity index (χ0n) is 22.0. The van der Waals surface area contributed by atoms with Crippen molar-refractivity contribution in [2.24, 2.45) is 0 Å². The minimum Gasteiger partial charge on any atom is -0.254 e. The van der Waals surface area contributed by atoms with Crippen molar-refractivity contribution >= 4 is 74.9 Å². The summed E-state index contributed by atoms with van der Waals surface area (Å²) in [5.74, 6) is 0. The van der Waals surface area contributed by atoms with Crippen molar-refractivity contribution in [2.75, 3.05) is 0 Å². The van der Waals surface area contributed by atoms with E-state index >= 15 is 0 Å². The van der Waals surface area contributed by atoms with Gasteiger partial charge in [-0.2, -0.15) is 0 Å². The predicted molar refractivity (Wildman–Crippen MR) is 176 cm³/mol. The first-order valence-electron chi connectivity index (χ1n) is 13.8. The number of fused-ring (bicyclic) bond motifs is 10. The molecule has 0 aliphatic heterocycles. The first kappa shape index (κ1) is 22.7. The number of hydrogen-bond acceptors (Lipinski definition) is 3. The number of benzene rings is 6. The summed E-state index contributed by atoms with van der Waals surface area (Å²) < 4.78 is 2.57. The molecule has 6 aromatic carbocycles. The van der Waals surface area contributed by atoms with Crippen molar-refractivity contribution < 1.29 is 0 Å². The summed E-state index contributed by atoms with van der Waals surface area (Å²) in [4.78, 5) is 9.96. The van der Waals surface area contributed by atoms with E-state index < -0.39 is 0 Å². The van der Waals surface area contributed by atoms with Crippen LogP contribution in [0.25, 0.3) is 85.9 Å². The molecule has 0 aliphatic carbocycles. The van der Waals surface area contributed by atoms with Crippen molar-refractivity contribution in [1.82, 2.24) is 9.97 Å². The molecular formula is C38H22N2S. The van der Waals surface area contributed by atoms with Crippen molar-refractivity contribution in [1.29, 1.82) is 0 Å². The van der Waals surface area contributed by atoms with Crippen LogP contribution >= 0.6 is 11.3 Å². The minimum atomic E-state index is 0.922. The van der Waals surface area contributed by atoms with Crippen molar-refractivity contribution in [3.8, 4) is 22.4 Å². The van der Waals surface area contributed by atoms with Gasteiger partial charge in [-0.1, -0.05) is 103 Å². The van der Waals surface area contributed by atoms with E-state index in [1.807, 2.05) is 23.6 Å². The second-order valence-electron chi connectivity index (χ2n) is 10.6. The van der Waals surface area contributed by atoms with Crippen LogP contribution in [0, 0.1) is 0 Å². The van der Waals surface area contributed by atoms with E-state index in [0.717, 1.165) is 27.7 Å². The van der Waals surface area contributed by atoms with Crippen LogP contribution in [0.15, 0.2) is 134 Å². The van der Waals surface area contributed by atoms with Crippen LogP contribution in [0.5, 0.6) is 0 Å². The van der Waals surface area contributed by atoms with E-state index in [1.54, 1.807) is 0 Å². The standard InChI is InChI=1S/C38H22N2S/c1-2-7-28-24(6-1)13-14-25-15-18-27(22-32(25)28)23-11-16-26(17-12-23)36-31-20-19-30-29-8-3-4-10-34(29)41-38(30)35(31)37-33(40-36)9-5-21-39-37/h1-22H. The predicted octanol–water partition coefficient (Wildman–Crippen LogP) is 10.8. The summed E-state index contributed by atoms with van der Waals surface area (Å²) >= 11 is 1.84. The largest absolute Gasteiger partial charge is 0.254 e. The molecule has 0 radical (unpaired) electrons. The van der Waals surface area contributed by atoms with E-state index in [-0.39, 0.29) is 0 Å². The molecule has 9 aromatic rings. The van der Waals surface area contributed by atoms with Gasteiger partial charge in [0, 0.05) is 42.7 Å². The molecule has 9 rings (SSSR count). The summed E-state index contributed by atoms with van der Waals surface area (Å²) in [6, 6.07) is 45.8. The Morgan fingerprint density at radius 2 is 1.20 bits per heavy atom. The summed E-state index contributed by atoms with van der Waals surface area (Å²) in [6.07, 6.45) is 1.87. The van der Waals surface area contributed by atoms with Gasteiger partial charge in [0.25, 0.3) is 0 Å². The Morgan fingerprint density at radius 3 is 2.10 bits per heavy atom. The molecule has 0 saturated heterocycles. The van der Waals surface area contributed by atoms with Gasteiger partial charge in [0.1, 0.15) is 0 Å². The third kappa shape index (κ3) is 3.43. The number of nitrogens with zero attached hydrogens (tertiary/aromatic N) is 2. The smallest absolute Gasteiger partial charge is 0.0979 e. The highest BCUT2D eigenvalue weighted by Crippen LogP contribution is 2.43. The maximum atomic E-state index is 5.15. The highest BCUT2D eigenvalue weighted by molar-refractivity contribution is 7.26. The summed E-state index contributed by atoms with van der Waals surface area (Å²) in [7, 11) is 0. The molecule has 41 heavy (non-hydrogen) atoms. The quantitative estimate of drug-likeness (QED) is 0.205. The summed E-state index contributed by atoms with van der Waals surface area (Å²) in [5, 5.41) is 10.0. The minimum absolute atomic E-state index is 0.922. The van der Waals surface area contributed by atoms with Crippen molar-refractivity contribution in [3.05, 3.63) is 134 Å². The van der Waals surface area contributed by atoms with Crippen LogP contribution in [-0.2, 0) is 0 Å². The van der Waals surface area contributed by atoms with Gasteiger partial charge >= 0.3 is 0 Å². The van der Waals surface area contributed by atoms with Gasteiger partial charge in [-0.25, -0.2) is 4.98 Å². The van der Waals surface area contributed by atoms with Crippen molar-refractivity contribution in [2.45, 2.75) is 0 Å². The fourth-order valence-corrected chi connectivity index (χ4v) is 7.55. The molecule has 3 heterocycles. The topological polar surface area (TPSA) is 25.8 Å². The van der Waals surface area contributed by atoms with Gasteiger partial charge in [0.15, 0.2) is 0 Å². The molecule has 0 bridgehead atoms. The molecule has 190 valence electrons. The molecule has 2 nitrogen and oxygen atoms in total. The molecule has 0 spiro atoms. The second kappa shape index (κ2) is 8.69. The molecule has 0 fully saturated rings. The second-order valence-corrected chi connectivity index (χ2v) is 11.6. The van der Waals surface area contributed by atoms with Crippen LogP contribution in [-0.4, -0.2) is 9.97 Å². The molecule has 3 heteroatoms. The lowest BCUT2D eigenvalue weighted by molar-refractivity contribution is 1.36. The fraction of sp³-hybridized carbons (Fsp3) is 0. The van der Waals surface area contributed by atoms with Gasteiger partial charge in [-0.3, -0.25) is 4.98 Å². The van der Waals surface area contributed by atoms with Crippen LogP contribution in [0.1, 0.15) is 0 Å². The fourth-order valence-electron chi connectivity index (χ4n) is 6.30. The highest BCUT2D eigenvalue weighted by atomic mass is 32.1. The lowest BCUT2D eigenvalue weighted by Gasteiger charge is -2.12. The van der Waals surface area contributed by atoms with E-state index in [1.165, 1.54) is 58.2 Å². The van der Waals surface area contributed by atoms with Crippen LogP contribution in [0.3, 0.4) is 0 Å². The van der Waals surface area contributed by atoms with Crippen molar-refractivity contribution in [3.63, 3.8) is 0 Å². The third-order valence-electron chi connectivity index (χ3n) is 8.30. The number of rotatable bonds is 2. The zero-order chi connectivity index (χ0) is 26.9. The lowest BCUT2D eigenvalue weighted by atomic mass is 9.95. The number of aromatic nitrogens is 2. The summed E-state index contributed by atoms with van der Waals surface area (Å²) in [5.41, 5.74) is 6.40. The molecular weight excluding hydrogens is 516 g/mol. The SMILES string of the molecule is c1ccc2c(c1)ccc1ccc(-c3ccc(-c4nc5cccnc5c5c4ccc4c6ccccc6sc45)cc3)cc12.